The van der Waals surface area contributed by atoms with Gasteiger partial charge in [-0.25, -0.2) is 9.79 Å². The molecule has 1 amide bonds. The van der Waals surface area contributed by atoms with Gasteiger partial charge in [0.1, 0.15) is 0 Å². The van der Waals surface area contributed by atoms with Crippen molar-refractivity contribution in [2.24, 2.45) is 4.99 Å². The molecule has 0 atom stereocenters. The number of carboxylic acids is 1. The first-order valence-electron chi connectivity index (χ1n) is 7.71. The molecule has 1 aliphatic rings. The molecule has 1 N–H and O–H groups in total. The number of aromatic carboxylic acids is 1. The Bertz CT molecular complexity index is 952. The number of carbonyl (C=O) groups is 2. The lowest BCUT2D eigenvalue weighted by molar-refractivity contribution is -0.121. The Labute approximate surface area is 160 Å². The van der Waals surface area contributed by atoms with E-state index in [4.69, 9.17) is 16.7 Å². The highest BCUT2D eigenvalue weighted by atomic mass is 35.5. The first kappa shape index (κ1) is 18.2. The predicted octanol–water partition coefficient (Wildman–Crippen LogP) is 4.66. The average Bonchev–Trinajstić information content (AvgIpc) is 2.90. The third-order valence-corrected chi connectivity index (χ3v) is 5.40. The fourth-order valence-corrected chi connectivity index (χ4v) is 3.60. The van der Waals surface area contributed by atoms with Crippen LogP contribution in [0.15, 0.2) is 58.4 Å². The van der Waals surface area contributed by atoms with Crippen molar-refractivity contribution < 1.29 is 14.7 Å². The SMILES string of the molecule is C/C(=C1/SC(=Nc2cccc(C(=O)O)c2)N(C)C1=O)c1ccc(Cl)cc1. The van der Waals surface area contributed by atoms with E-state index in [9.17, 15) is 9.59 Å². The van der Waals surface area contributed by atoms with Crippen molar-refractivity contribution in [3.63, 3.8) is 0 Å². The number of likely N-dealkylation sites (N-methyl/N-ethyl adjacent to an activating group) is 1. The van der Waals surface area contributed by atoms with Crippen LogP contribution < -0.4 is 0 Å². The molecule has 26 heavy (non-hydrogen) atoms. The zero-order chi connectivity index (χ0) is 18.8. The molecule has 0 spiro atoms. The van der Waals surface area contributed by atoms with Gasteiger partial charge in [0, 0.05) is 12.1 Å². The number of thioether (sulfide) groups is 1. The molecule has 3 rings (SSSR count). The number of carbonyl (C=O) groups excluding carboxylic acids is 1. The second-order valence-electron chi connectivity index (χ2n) is 5.68. The standard InChI is InChI=1S/C19H15ClN2O3S/c1-11(12-6-8-14(20)9-7-12)16-17(23)22(2)19(26-16)21-15-5-3-4-13(10-15)18(24)25/h3-10H,1-2H3,(H,24,25)/b16-11-,21-19?. The number of carboxylic acid groups (broad SMARTS) is 1. The minimum absolute atomic E-state index is 0.143. The zero-order valence-electron chi connectivity index (χ0n) is 14.1. The second-order valence-corrected chi connectivity index (χ2v) is 7.09. The van der Waals surface area contributed by atoms with E-state index in [0.717, 1.165) is 11.1 Å². The topological polar surface area (TPSA) is 70.0 Å². The van der Waals surface area contributed by atoms with E-state index < -0.39 is 5.97 Å². The highest BCUT2D eigenvalue weighted by Gasteiger charge is 2.32. The van der Waals surface area contributed by atoms with Crippen molar-refractivity contribution in [1.29, 1.82) is 0 Å². The van der Waals surface area contributed by atoms with Gasteiger partial charge in [0.05, 0.1) is 16.2 Å². The molecule has 0 radical (unpaired) electrons. The van der Waals surface area contributed by atoms with Crippen molar-refractivity contribution in [3.05, 3.63) is 69.6 Å². The number of amidine groups is 1. The molecule has 1 fully saturated rings. The Morgan fingerprint density at radius 3 is 2.50 bits per heavy atom. The molecule has 0 aromatic heterocycles. The van der Waals surface area contributed by atoms with Crippen LogP contribution in [0.25, 0.3) is 5.57 Å². The van der Waals surface area contributed by atoms with Crippen LogP contribution in [0, 0.1) is 0 Å². The zero-order valence-corrected chi connectivity index (χ0v) is 15.6. The Morgan fingerprint density at radius 1 is 1.15 bits per heavy atom. The van der Waals surface area contributed by atoms with Crippen molar-refractivity contribution >= 4 is 51.7 Å². The van der Waals surface area contributed by atoms with Crippen LogP contribution in [0.3, 0.4) is 0 Å². The van der Waals surface area contributed by atoms with E-state index in [-0.39, 0.29) is 11.5 Å². The maximum atomic E-state index is 12.6. The lowest BCUT2D eigenvalue weighted by atomic mass is 10.1. The third kappa shape index (κ3) is 3.66. The van der Waals surface area contributed by atoms with E-state index in [2.05, 4.69) is 4.99 Å². The predicted molar refractivity (Wildman–Crippen MR) is 105 cm³/mol. The number of allylic oxidation sites excluding steroid dienone is 1. The fourth-order valence-electron chi connectivity index (χ4n) is 2.43. The van der Waals surface area contributed by atoms with E-state index >= 15 is 0 Å². The fraction of sp³-hybridized carbons (Fsp3) is 0.105. The molecule has 7 heteroatoms. The van der Waals surface area contributed by atoms with E-state index in [0.29, 0.717) is 20.8 Å². The van der Waals surface area contributed by atoms with Crippen LogP contribution in [-0.2, 0) is 4.79 Å². The number of benzene rings is 2. The Morgan fingerprint density at radius 2 is 1.85 bits per heavy atom. The quantitative estimate of drug-likeness (QED) is 0.778. The molecule has 132 valence electrons. The van der Waals surface area contributed by atoms with Gasteiger partial charge < -0.3 is 5.11 Å². The van der Waals surface area contributed by atoms with Crippen molar-refractivity contribution in [2.45, 2.75) is 6.92 Å². The van der Waals surface area contributed by atoms with E-state index in [1.165, 1.54) is 28.8 Å². The summed E-state index contributed by atoms with van der Waals surface area (Å²) in [5.41, 5.74) is 2.38. The summed E-state index contributed by atoms with van der Waals surface area (Å²) in [6.07, 6.45) is 0. The Balaban J connectivity index is 1.96. The molecule has 2 aromatic rings. The lowest BCUT2D eigenvalue weighted by Gasteiger charge is -2.07. The number of halogens is 1. The summed E-state index contributed by atoms with van der Waals surface area (Å²) in [4.78, 5) is 30.2. The second kappa shape index (κ2) is 7.35. The van der Waals surface area contributed by atoms with Crippen LogP contribution in [-0.4, -0.2) is 34.1 Å². The highest BCUT2D eigenvalue weighted by molar-refractivity contribution is 8.18. The smallest absolute Gasteiger partial charge is 0.335 e. The van der Waals surface area contributed by atoms with Gasteiger partial charge in [0.25, 0.3) is 5.91 Å². The van der Waals surface area contributed by atoms with Crippen LogP contribution in [0.4, 0.5) is 5.69 Å². The largest absolute Gasteiger partial charge is 0.478 e. The molecule has 0 aliphatic carbocycles. The van der Waals surface area contributed by atoms with Gasteiger partial charge in [0.2, 0.25) is 0 Å². The maximum absolute atomic E-state index is 12.6. The third-order valence-electron chi connectivity index (χ3n) is 3.91. The van der Waals surface area contributed by atoms with Gasteiger partial charge in [-0.2, -0.15) is 0 Å². The monoisotopic (exact) mass is 386 g/mol. The van der Waals surface area contributed by atoms with Crippen LogP contribution >= 0.6 is 23.4 Å². The number of nitrogens with zero attached hydrogens (tertiary/aromatic N) is 2. The number of hydrogen-bond acceptors (Lipinski definition) is 4. The van der Waals surface area contributed by atoms with Gasteiger partial charge >= 0.3 is 5.97 Å². The first-order chi connectivity index (χ1) is 12.4. The molecule has 1 aliphatic heterocycles. The van der Waals surface area contributed by atoms with Crippen LogP contribution in [0.5, 0.6) is 0 Å². The van der Waals surface area contributed by atoms with E-state index in [1.54, 1.807) is 31.3 Å². The number of amides is 1. The normalized spacial score (nSPS) is 17.7. The van der Waals surface area contributed by atoms with Gasteiger partial charge in [-0.15, -0.1) is 0 Å². The van der Waals surface area contributed by atoms with Gasteiger partial charge in [-0.1, -0.05) is 29.8 Å². The summed E-state index contributed by atoms with van der Waals surface area (Å²) in [6.45, 7) is 1.88. The number of rotatable bonds is 3. The molecular weight excluding hydrogens is 372 g/mol. The molecule has 0 saturated carbocycles. The lowest BCUT2D eigenvalue weighted by Crippen LogP contribution is -2.23. The number of aliphatic imine (C=N–C) groups is 1. The summed E-state index contributed by atoms with van der Waals surface area (Å²) in [6, 6.07) is 13.6. The Kier molecular flexibility index (Phi) is 5.15. The number of hydrogen-bond donors (Lipinski definition) is 1. The van der Waals surface area contributed by atoms with Gasteiger partial charge in [-0.05, 0) is 60.2 Å². The van der Waals surface area contributed by atoms with Crippen LogP contribution in [0.2, 0.25) is 5.02 Å². The van der Waals surface area contributed by atoms with Crippen LogP contribution in [0.1, 0.15) is 22.8 Å². The molecule has 5 nitrogen and oxygen atoms in total. The van der Waals surface area contributed by atoms with Crippen molar-refractivity contribution in [3.8, 4) is 0 Å². The average molecular weight is 387 g/mol. The molecule has 1 saturated heterocycles. The minimum atomic E-state index is -1.02. The Hall–Kier alpha value is -2.57. The molecular formula is C19H15ClN2O3S. The van der Waals surface area contributed by atoms with Crippen molar-refractivity contribution in [2.75, 3.05) is 7.05 Å². The van der Waals surface area contributed by atoms with Gasteiger partial charge in [-0.3, -0.25) is 9.69 Å². The summed E-state index contributed by atoms with van der Waals surface area (Å²) in [7, 11) is 1.65. The summed E-state index contributed by atoms with van der Waals surface area (Å²) in [5.74, 6) is -1.16. The summed E-state index contributed by atoms with van der Waals surface area (Å²) in [5, 5.41) is 10.2. The molecule has 1 heterocycles. The molecule has 2 aromatic carbocycles. The van der Waals surface area contributed by atoms with Crippen molar-refractivity contribution in [1.82, 2.24) is 4.90 Å². The summed E-state index contributed by atoms with van der Waals surface area (Å²) < 4.78 is 0. The minimum Gasteiger partial charge on any atom is -0.478 e. The first-order valence-corrected chi connectivity index (χ1v) is 8.91. The highest BCUT2D eigenvalue weighted by Crippen LogP contribution is 2.37. The molecule has 0 bridgehead atoms. The van der Waals surface area contributed by atoms with Gasteiger partial charge in [0.15, 0.2) is 5.17 Å². The maximum Gasteiger partial charge on any atom is 0.335 e. The van der Waals surface area contributed by atoms with E-state index in [1.807, 2.05) is 19.1 Å². The summed E-state index contributed by atoms with van der Waals surface area (Å²) >= 11 is 7.19. The molecule has 0 unspecified atom stereocenters.